The molecule has 1 saturated carbocycles. The van der Waals surface area contributed by atoms with Crippen LogP contribution in [0.3, 0.4) is 0 Å². The molecule has 0 aromatic carbocycles. The summed E-state index contributed by atoms with van der Waals surface area (Å²) in [5, 5.41) is 3.63. The van der Waals surface area contributed by atoms with Crippen molar-refractivity contribution >= 4 is 5.97 Å². The molecule has 2 unspecified atom stereocenters. The number of hydrogen-bond acceptors (Lipinski definition) is 3. The first kappa shape index (κ1) is 14.6. The molecule has 2 atom stereocenters. The summed E-state index contributed by atoms with van der Waals surface area (Å²) in [6.07, 6.45) is 11.8. The summed E-state index contributed by atoms with van der Waals surface area (Å²) in [5.74, 6) is 0.129. The molecule has 0 aliphatic heterocycles. The molecule has 108 valence electrons. The van der Waals surface area contributed by atoms with Gasteiger partial charge in [-0.2, -0.15) is 0 Å². The molecule has 0 saturated heterocycles. The van der Waals surface area contributed by atoms with Gasteiger partial charge in [0.05, 0.1) is 12.5 Å². The zero-order chi connectivity index (χ0) is 13.5. The van der Waals surface area contributed by atoms with E-state index in [9.17, 15) is 4.79 Å². The molecule has 2 aliphatic carbocycles. The molecule has 2 aliphatic rings. The van der Waals surface area contributed by atoms with Gasteiger partial charge in [-0.25, -0.2) is 0 Å². The van der Waals surface area contributed by atoms with Crippen LogP contribution in [0.2, 0.25) is 0 Å². The Bertz CT molecular complexity index is 325. The first-order chi connectivity index (χ1) is 9.29. The Labute approximate surface area is 116 Å². The third-order valence-electron chi connectivity index (χ3n) is 4.31. The SMILES string of the molecule is CCOC(=O)C1CCCC(NCCC2=CCCC2)C1. The number of carbonyl (C=O) groups excluding carboxylic acids is 1. The van der Waals surface area contributed by atoms with Crippen LogP contribution in [0.4, 0.5) is 0 Å². The lowest BCUT2D eigenvalue weighted by atomic mass is 9.85. The predicted molar refractivity (Wildman–Crippen MR) is 76.9 cm³/mol. The average Bonchev–Trinajstić information content (AvgIpc) is 2.93. The van der Waals surface area contributed by atoms with E-state index in [1.165, 1.54) is 32.1 Å². The molecule has 1 N–H and O–H groups in total. The standard InChI is InChI=1S/C16H27NO2/c1-2-19-16(18)14-8-5-9-15(12-14)17-11-10-13-6-3-4-7-13/h6,14-15,17H,2-5,7-12H2,1H3. The van der Waals surface area contributed by atoms with Crippen LogP contribution in [-0.2, 0) is 9.53 Å². The van der Waals surface area contributed by atoms with Gasteiger partial charge < -0.3 is 10.1 Å². The lowest BCUT2D eigenvalue weighted by Crippen LogP contribution is -2.37. The van der Waals surface area contributed by atoms with Crippen LogP contribution in [0, 0.1) is 5.92 Å². The Morgan fingerprint density at radius 3 is 3.05 bits per heavy atom. The minimum atomic E-state index is 0.00695. The number of rotatable bonds is 6. The summed E-state index contributed by atoms with van der Waals surface area (Å²) >= 11 is 0. The monoisotopic (exact) mass is 265 g/mol. The molecule has 0 radical (unpaired) electrons. The van der Waals surface area contributed by atoms with Crippen LogP contribution in [0.15, 0.2) is 11.6 Å². The molecule has 0 heterocycles. The van der Waals surface area contributed by atoms with Gasteiger partial charge in [-0.05, 0) is 58.4 Å². The van der Waals surface area contributed by atoms with Crippen LogP contribution in [0.1, 0.15) is 58.3 Å². The Morgan fingerprint density at radius 1 is 1.42 bits per heavy atom. The summed E-state index contributed by atoms with van der Waals surface area (Å²) in [7, 11) is 0. The molecule has 3 nitrogen and oxygen atoms in total. The first-order valence-electron chi connectivity index (χ1n) is 7.87. The van der Waals surface area contributed by atoms with Crippen LogP contribution >= 0.6 is 0 Å². The molecular weight excluding hydrogens is 238 g/mol. The summed E-state index contributed by atoms with van der Waals surface area (Å²) in [5.41, 5.74) is 1.62. The number of allylic oxidation sites excluding steroid dienone is 1. The maximum atomic E-state index is 11.8. The molecule has 0 aromatic rings. The molecule has 0 amide bonds. The highest BCUT2D eigenvalue weighted by molar-refractivity contribution is 5.72. The van der Waals surface area contributed by atoms with Crippen molar-refractivity contribution in [3.63, 3.8) is 0 Å². The minimum Gasteiger partial charge on any atom is -0.466 e. The van der Waals surface area contributed by atoms with Gasteiger partial charge in [0.2, 0.25) is 0 Å². The van der Waals surface area contributed by atoms with E-state index in [1.54, 1.807) is 5.57 Å². The normalized spacial score (nSPS) is 27.1. The maximum absolute atomic E-state index is 11.8. The van der Waals surface area contributed by atoms with Gasteiger partial charge in [-0.3, -0.25) is 4.79 Å². The molecule has 0 bridgehead atoms. The van der Waals surface area contributed by atoms with Crippen LogP contribution in [0.25, 0.3) is 0 Å². The third-order valence-corrected chi connectivity index (χ3v) is 4.31. The van der Waals surface area contributed by atoms with E-state index < -0.39 is 0 Å². The maximum Gasteiger partial charge on any atom is 0.308 e. The molecule has 0 aromatic heterocycles. The molecule has 0 spiro atoms. The highest BCUT2D eigenvalue weighted by Gasteiger charge is 2.27. The van der Waals surface area contributed by atoms with Gasteiger partial charge in [0.25, 0.3) is 0 Å². The van der Waals surface area contributed by atoms with Crippen molar-refractivity contribution in [2.75, 3.05) is 13.2 Å². The Hall–Kier alpha value is -0.830. The summed E-state index contributed by atoms with van der Waals surface area (Å²) < 4.78 is 5.14. The first-order valence-corrected chi connectivity index (χ1v) is 7.87. The van der Waals surface area contributed by atoms with Crippen molar-refractivity contribution in [3.8, 4) is 0 Å². The van der Waals surface area contributed by atoms with Gasteiger partial charge in [0.1, 0.15) is 0 Å². The van der Waals surface area contributed by atoms with Gasteiger partial charge in [-0.15, -0.1) is 0 Å². The van der Waals surface area contributed by atoms with Crippen molar-refractivity contribution in [1.29, 1.82) is 0 Å². The molecular formula is C16H27NO2. The number of nitrogens with one attached hydrogen (secondary N) is 1. The van der Waals surface area contributed by atoms with Crippen LogP contribution in [-0.4, -0.2) is 25.2 Å². The zero-order valence-electron chi connectivity index (χ0n) is 12.1. The topological polar surface area (TPSA) is 38.3 Å². The van der Waals surface area contributed by atoms with Gasteiger partial charge in [-0.1, -0.05) is 18.1 Å². The van der Waals surface area contributed by atoms with E-state index in [0.29, 0.717) is 12.6 Å². The second-order valence-electron chi connectivity index (χ2n) is 5.77. The van der Waals surface area contributed by atoms with E-state index in [4.69, 9.17) is 4.74 Å². The van der Waals surface area contributed by atoms with Gasteiger partial charge in [0.15, 0.2) is 0 Å². The van der Waals surface area contributed by atoms with Crippen molar-refractivity contribution in [1.82, 2.24) is 5.32 Å². The molecule has 19 heavy (non-hydrogen) atoms. The highest BCUT2D eigenvalue weighted by Crippen LogP contribution is 2.26. The zero-order valence-corrected chi connectivity index (χ0v) is 12.1. The predicted octanol–water partition coefficient (Wildman–Crippen LogP) is 3.20. The fourth-order valence-corrected chi connectivity index (χ4v) is 3.25. The van der Waals surface area contributed by atoms with E-state index in [0.717, 1.165) is 25.8 Å². The van der Waals surface area contributed by atoms with Gasteiger partial charge in [0, 0.05) is 6.04 Å². The van der Waals surface area contributed by atoms with Gasteiger partial charge >= 0.3 is 5.97 Å². The van der Waals surface area contributed by atoms with Crippen molar-refractivity contribution in [3.05, 3.63) is 11.6 Å². The third kappa shape index (κ3) is 4.64. The number of esters is 1. The van der Waals surface area contributed by atoms with Crippen LogP contribution in [0.5, 0.6) is 0 Å². The van der Waals surface area contributed by atoms with E-state index >= 15 is 0 Å². The quantitative estimate of drug-likeness (QED) is 0.592. The lowest BCUT2D eigenvalue weighted by Gasteiger charge is -2.28. The second-order valence-corrected chi connectivity index (χ2v) is 5.77. The van der Waals surface area contributed by atoms with Crippen molar-refractivity contribution in [2.45, 2.75) is 64.3 Å². The minimum absolute atomic E-state index is 0.00695. The lowest BCUT2D eigenvalue weighted by molar-refractivity contribution is -0.149. The summed E-state index contributed by atoms with van der Waals surface area (Å²) in [4.78, 5) is 11.8. The molecule has 2 rings (SSSR count). The fraction of sp³-hybridized carbons (Fsp3) is 0.812. The van der Waals surface area contributed by atoms with Crippen molar-refractivity contribution < 1.29 is 9.53 Å². The second kappa shape index (κ2) is 7.68. The summed E-state index contributed by atoms with van der Waals surface area (Å²) in [6.45, 7) is 3.44. The van der Waals surface area contributed by atoms with E-state index in [1.807, 2.05) is 6.92 Å². The van der Waals surface area contributed by atoms with E-state index in [-0.39, 0.29) is 11.9 Å². The average molecular weight is 265 g/mol. The smallest absolute Gasteiger partial charge is 0.308 e. The number of ether oxygens (including phenoxy) is 1. The summed E-state index contributed by atoms with van der Waals surface area (Å²) in [6, 6.07) is 0.505. The Balaban J connectivity index is 1.67. The van der Waals surface area contributed by atoms with Crippen LogP contribution < -0.4 is 5.32 Å². The Morgan fingerprint density at radius 2 is 2.32 bits per heavy atom. The number of hydrogen-bond donors (Lipinski definition) is 1. The van der Waals surface area contributed by atoms with Crippen molar-refractivity contribution in [2.24, 2.45) is 5.92 Å². The molecule has 3 heteroatoms. The Kier molecular flexibility index (Phi) is 5.90. The molecule has 1 fully saturated rings. The fourth-order valence-electron chi connectivity index (χ4n) is 3.25. The largest absolute Gasteiger partial charge is 0.466 e. The van der Waals surface area contributed by atoms with E-state index in [2.05, 4.69) is 11.4 Å². The highest BCUT2D eigenvalue weighted by atomic mass is 16.5. The number of carbonyl (C=O) groups is 1.